The van der Waals surface area contributed by atoms with Gasteiger partial charge in [-0.05, 0) is 0 Å². The van der Waals surface area contributed by atoms with E-state index >= 15 is 0 Å². The highest BCUT2D eigenvalue weighted by molar-refractivity contribution is 5.70. The first-order valence-corrected chi connectivity index (χ1v) is 2.33. The average Bonchev–Trinajstić information content (AvgIpc) is 2.37. The lowest BCUT2D eigenvalue weighted by molar-refractivity contribution is -0.107. The molecule has 0 aliphatic rings. The standard InChI is InChI=1S/C4H6N4O/c5-8(3-9)4-1-2-6-7-4/h1-3H,5H2,(H,6,7). The molecule has 3 N–H and O–H groups in total. The highest BCUT2D eigenvalue weighted by Gasteiger charge is 1.96. The molecule has 0 radical (unpaired) electrons. The van der Waals surface area contributed by atoms with Crippen LogP contribution < -0.4 is 10.9 Å². The van der Waals surface area contributed by atoms with Gasteiger partial charge in [-0.25, -0.2) is 10.9 Å². The van der Waals surface area contributed by atoms with Crippen LogP contribution in [0, 0.1) is 0 Å². The number of amides is 1. The van der Waals surface area contributed by atoms with Gasteiger partial charge in [0, 0.05) is 6.07 Å². The number of rotatable bonds is 2. The lowest BCUT2D eigenvalue weighted by Crippen LogP contribution is -2.28. The van der Waals surface area contributed by atoms with Crippen molar-refractivity contribution < 1.29 is 4.79 Å². The largest absolute Gasteiger partial charge is 0.277 e. The Kier molecular flexibility index (Phi) is 1.46. The van der Waals surface area contributed by atoms with Gasteiger partial charge in [0.15, 0.2) is 0 Å². The van der Waals surface area contributed by atoms with Crippen LogP contribution in [0.15, 0.2) is 12.3 Å². The third kappa shape index (κ3) is 1.06. The van der Waals surface area contributed by atoms with Crippen LogP contribution in [-0.4, -0.2) is 16.6 Å². The van der Waals surface area contributed by atoms with E-state index in [2.05, 4.69) is 10.2 Å². The smallest absolute Gasteiger partial charge is 0.229 e. The number of hydrazine groups is 1. The zero-order chi connectivity index (χ0) is 6.69. The van der Waals surface area contributed by atoms with Crippen molar-refractivity contribution >= 4 is 12.2 Å². The van der Waals surface area contributed by atoms with Gasteiger partial charge in [0.05, 0.1) is 6.20 Å². The molecular formula is C4H6N4O. The van der Waals surface area contributed by atoms with E-state index < -0.39 is 0 Å². The number of aromatic nitrogens is 2. The lowest BCUT2D eigenvalue weighted by atomic mass is 10.6. The summed E-state index contributed by atoms with van der Waals surface area (Å²) in [5, 5.41) is 7.00. The number of nitrogens with two attached hydrogens (primary N) is 1. The van der Waals surface area contributed by atoms with Crippen molar-refractivity contribution in [2.75, 3.05) is 5.01 Å². The van der Waals surface area contributed by atoms with E-state index in [4.69, 9.17) is 5.84 Å². The molecule has 0 unspecified atom stereocenters. The molecule has 0 spiro atoms. The van der Waals surface area contributed by atoms with Crippen molar-refractivity contribution in [1.29, 1.82) is 0 Å². The van der Waals surface area contributed by atoms with Gasteiger partial charge in [-0.2, -0.15) is 5.10 Å². The Morgan fingerprint density at radius 2 is 2.67 bits per heavy atom. The van der Waals surface area contributed by atoms with Gasteiger partial charge in [-0.1, -0.05) is 0 Å². The number of aromatic amines is 1. The molecule has 0 atom stereocenters. The van der Waals surface area contributed by atoms with Crippen molar-refractivity contribution in [3.05, 3.63) is 12.3 Å². The summed E-state index contributed by atoms with van der Waals surface area (Å²) < 4.78 is 0. The first kappa shape index (κ1) is 5.77. The van der Waals surface area contributed by atoms with Crippen molar-refractivity contribution in [1.82, 2.24) is 10.2 Å². The molecule has 1 rings (SSSR count). The van der Waals surface area contributed by atoms with Crippen LogP contribution in [0.2, 0.25) is 0 Å². The van der Waals surface area contributed by atoms with E-state index in [9.17, 15) is 4.79 Å². The molecule has 0 fully saturated rings. The SMILES string of the molecule is NN(C=O)c1ccn[nH]1. The highest BCUT2D eigenvalue weighted by atomic mass is 16.1. The quantitative estimate of drug-likeness (QED) is 0.237. The molecule has 9 heavy (non-hydrogen) atoms. The predicted molar refractivity (Wildman–Crippen MR) is 31.3 cm³/mol. The maximum Gasteiger partial charge on any atom is 0.229 e. The monoisotopic (exact) mass is 126 g/mol. The van der Waals surface area contributed by atoms with E-state index in [1.165, 1.54) is 6.20 Å². The summed E-state index contributed by atoms with van der Waals surface area (Å²) in [5.74, 6) is 5.61. The molecule has 1 heterocycles. The number of nitrogens with one attached hydrogen (secondary N) is 1. The Morgan fingerprint density at radius 1 is 1.89 bits per heavy atom. The van der Waals surface area contributed by atoms with Gasteiger partial charge in [0.1, 0.15) is 5.82 Å². The molecule has 1 amide bonds. The minimum atomic E-state index is 0.477. The third-order valence-electron chi connectivity index (χ3n) is 0.878. The van der Waals surface area contributed by atoms with Gasteiger partial charge in [-0.15, -0.1) is 0 Å². The molecule has 0 aliphatic carbocycles. The number of anilines is 1. The second-order valence-corrected chi connectivity index (χ2v) is 1.45. The van der Waals surface area contributed by atoms with Crippen LogP contribution in [-0.2, 0) is 4.79 Å². The second kappa shape index (κ2) is 2.27. The van der Waals surface area contributed by atoms with Crippen LogP contribution in [0.5, 0.6) is 0 Å². The highest BCUT2D eigenvalue weighted by Crippen LogP contribution is 1.99. The average molecular weight is 126 g/mol. The van der Waals surface area contributed by atoms with Crippen molar-refractivity contribution in [3.8, 4) is 0 Å². The molecule has 5 heteroatoms. The fourth-order valence-electron chi connectivity index (χ4n) is 0.449. The number of carbonyl (C=O) groups is 1. The Morgan fingerprint density at radius 3 is 3.11 bits per heavy atom. The Hall–Kier alpha value is -1.36. The maximum atomic E-state index is 9.96. The molecule has 48 valence electrons. The van der Waals surface area contributed by atoms with Gasteiger partial charge < -0.3 is 0 Å². The number of H-pyrrole nitrogens is 1. The Bertz CT molecular complexity index is 182. The topological polar surface area (TPSA) is 75.0 Å². The Balaban J connectivity index is 2.76. The Labute approximate surface area is 51.4 Å². The third-order valence-corrected chi connectivity index (χ3v) is 0.878. The zero-order valence-corrected chi connectivity index (χ0v) is 4.61. The van der Waals surface area contributed by atoms with Crippen molar-refractivity contribution in [2.45, 2.75) is 0 Å². The van der Waals surface area contributed by atoms with Crippen LogP contribution >= 0.6 is 0 Å². The number of hydrogen-bond acceptors (Lipinski definition) is 3. The summed E-state index contributed by atoms with van der Waals surface area (Å²) in [7, 11) is 0. The summed E-state index contributed by atoms with van der Waals surface area (Å²) in [4.78, 5) is 9.96. The maximum absolute atomic E-state index is 9.96. The van der Waals surface area contributed by atoms with Crippen molar-refractivity contribution in [3.63, 3.8) is 0 Å². The number of carbonyl (C=O) groups excluding carboxylic acids is 1. The molecule has 1 aromatic rings. The summed E-state index contributed by atoms with van der Waals surface area (Å²) in [6.45, 7) is 0. The van der Waals surface area contributed by atoms with E-state index in [0.29, 0.717) is 12.2 Å². The fraction of sp³-hybridized carbons (Fsp3) is 0. The van der Waals surface area contributed by atoms with Gasteiger partial charge in [0.25, 0.3) is 0 Å². The summed E-state index contributed by atoms with van der Waals surface area (Å²) >= 11 is 0. The fourth-order valence-corrected chi connectivity index (χ4v) is 0.449. The molecule has 0 aliphatic heterocycles. The molecule has 5 nitrogen and oxygen atoms in total. The van der Waals surface area contributed by atoms with Crippen LogP contribution in [0.1, 0.15) is 0 Å². The van der Waals surface area contributed by atoms with Gasteiger partial charge in [-0.3, -0.25) is 9.89 Å². The number of hydrogen-bond donors (Lipinski definition) is 2. The first-order chi connectivity index (χ1) is 4.34. The van der Waals surface area contributed by atoms with Crippen molar-refractivity contribution in [2.24, 2.45) is 5.84 Å². The molecule has 1 aromatic heterocycles. The van der Waals surface area contributed by atoms with Crippen LogP contribution in [0.25, 0.3) is 0 Å². The van der Waals surface area contributed by atoms with E-state index in [0.717, 1.165) is 5.01 Å². The minimum Gasteiger partial charge on any atom is -0.277 e. The summed E-state index contributed by atoms with van der Waals surface area (Å²) in [6.07, 6.45) is 2.01. The zero-order valence-electron chi connectivity index (χ0n) is 4.61. The van der Waals surface area contributed by atoms with E-state index in [-0.39, 0.29) is 0 Å². The second-order valence-electron chi connectivity index (χ2n) is 1.45. The van der Waals surface area contributed by atoms with Gasteiger partial charge >= 0.3 is 0 Å². The number of nitrogens with zero attached hydrogens (tertiary/aromatic N) is 2. The predicted octanol–water partition coefficient (Wildman–Crippen LogP) is -0.754. The molecule has 0 bridgehead atoms. The summed E-state index contributed by atoms with van der Waals surface area (Å²) in [6, 6.07) is 1.59. The van der Waals surface area contributed by atoms with Gasteiger partial charge in [0.2, 0.25) is 6.41 Å². The first-order valence-electron chi connectivity index (χ1n) is 2.33. The van der Waals surface area contributed by atoms with E-state index in [1.807, 2.05) is 0 Å². The molecule has 0 aromatic carbocycles. The lowest BCUT2D eigenvalue weighted by Gasteiger charge is -2.03. The normalized spacial score (nSPS) is 9.00. The molecule has 0 saturated carbocycles. The van der Waals surface area contributed by atoms with Crippen LogP contribution in [0.3, 0.4) is 0 Å². The minimum absolute atomic E-state index is 0.477. The summed E-state index contributed by atoms with van der Waals surface area (Å²) in [5.41, 5.74) is 0. The van der Waals surface area contributed by atoms with Crippen LogP contribution in [0.4, 0.5) is 5.82 Å². The molecular weight excluding hydrogens is 120 g/mol. The van der Waals surface area contributed by atoms with E-state index in [1.54, 1.807) is 6.07 Å². The molecule has 0 saturated heterocycles.